The van der Waals surface area contributed by atoms with E-state index in [1.54, 1.807) is 31.4 Å². The van der Waals surface area contributed by atoms with Crippen LogP contribution in [0.2, 0.25) is 5.02 Å². The molecule has 0 bridgehead atoms. The fourth-order valence-corrected chi connectivity index (χ4v) is 5.04. The topological polar surface area (TPSA) is 75.6 Å². The first-order valence-corrected chi connectivity index (χ1v) is 9.87. The Bertz CT molecular complexity index is 1130. The number of hydrogen-bond donors (Lipinski definition) is 2. The van der Waals surface area contributed by atoms with E-state index in [2.05, 4.69) is 5.32 Å². The van der Waals surface area contributed by atoms with E-state index in [4.69, 9.17) is 16.3 Å². The summed E-state index contributed by atoms with van der Waals surface area (Å²) in [6, 6.07) is 11.0. The SMILES string of the molecule is COc1ccc(-c2c(C(=O)O)sc3c2NC(=O)CC3c2ccc(F)cc2Cl)cc1. The third kappa shape index (κ3) is 3.47. The molecule has 1 aliphatic heterocycles. The van der Waals surface area contributed by atoms with Gasteiger partial charge in [0, 0.05) is 27.8 Å². The van der Waals surface area contributed by atoms with Crippen LogP contribution in [0.4, 0.5) is 10.1 Å². The summed E-state index contributed by atoms with van der Waals surface area (Å²) in [5.41, 5.74) is 2.13. The van der Waals surface area contributed by atoms with Gasteiger partial charge in [0.25, 0.3) is 0 Å². The minimum absolute atomic E-state index is 0.0972. The van der Waals surface area contributed by atoms with Gasteiger partial charge in [0.2, 0.25) is 5.91 Å². The van der Waals surface area contributed by atoms with Crippen molar-refractivity contribution in [3.8, 4) is 16.9 Å². The molecule has 1 aromatic heterocycles. The lowest BCUT2D eigenvalue weighted by Crippen LogP contribution is -2.22. The van der Waals surface area contributed by atoms with Gasteiger partial charge >= 0.3 is 5.97 Å². The second-order valence-corrected chi connectivity index (χ2v) is 8.01. The molecule has 1 unspecified atom stereocenters. The average molecular weight is 432 g/mol. The molecule has 1 aliphatic rings. The Balaban J connectivity index is 1.92. The van der Waals surface area contributed by atoms with E-state index >= 15 is 0 Å². The van der Waals surface area contributed by atoms with Crippen molar-refractivity contribution in [3.63, 3.8) is 0 Å². The number of anilines is 1. The zero-order valence-electron chi connectivity index (χ0n) is 15.2. The summed E-state index contributed by atoms with van der Waals surface area (Å²) >= 11 is 7.33. The van der Waals surface area contributed by atoms with Gasteiger partial charge in [-0.2, -0.15) is 0 Å². The number of nitrogens with one attached hydrogen (secondary N) is 1. The third-order valence-electron chi connectivity index (χ3n) is 4.82. The largest absolute Gasteiger partial charge is 0.497 e. The number of fused-ring (bicyclic) bond motifs is 1. The number of rotatable bonds is 4. The van der Waals surface area contributed by atoms with Crippen LogP contribution in [0.25, 0.3) is 11.1 Å². The van der Waals surface area contributed by atoms with Crippen molar-refractivity contribution >= 4 is 40.5 Å². The number of methoxy groups -OCH3 is 1. The molecule has 1 atom stereocenters. The molecule has 2 heterocycles. The van der Waals surface area contributed by atoms with Gasteiger partial charge in [-0.05, 0) is 35.4 Å². The predicted molar refractivity (Wildman–Crippen MR) is 110 cm³/mol. The molecule has 0 radical (unpaired) electrons. The highest BCUT2D eigenvalue weighted by Gasteiger charge is 2.35. The van der Waals surface area contributed by atoms with Gasteiger partial charge in [-0.25, -0.2) is 9.18 Å². The van der Waals surface area contributed by atoms with Gasteiger partial charge in [-0.3, -0.25) is 4.79 Å². The maximum Gasteiger partial charge on any atom is 0.346 e. The van der Waals surface area contributed by atoms with Crippen LogP contribution in [0.3, 0.4) is 0 Å². The Labute approximate surface area is 174 Å². The van der Waals surface area contributed by atoms with E-state index in [0.717, 1.165) is 11.3 Å². The van der Waals surface area contributed by atoms with E-state index < -0.39 is 17.7 Å². The Morgan fingerprint density at radius 1 is 1.28 bits per heavy atom. The van der Waals surface area contributed by atoms with Gasteiger partial charge < -0.3 is 15.2 Å². The first-order chi connectivity index (χ1) is 13.9. The summed E-state index contributed by atoms with van der Waals surface area (Å²) in [5.74, 6) is -1.65. The second-order valence-electron chi connectivity index (χ2n) is 6.55. The number of carbonyl (C=O) groups excluding carboxylic acids is 1. The second kappa shape index (κ2) is 7.50. The smallest absolute Gasteiger partial charge is 0.346 e. The summed E-state index contributed by atoms with van der Waals surface area (Å²) in [7, 11) is 1.54. The van der Waals surface area contributed by atoms with Crippen molar-refractivity contribution in [2.24, 2.45) is 0 Å². The van der Waals surface area contributed by atoms with Crippen LogP contribution in [0, 0.1) is 5.82 Å². The van der Waals surface area contributed by atoms with Crippen LogP contribution in [0.1, 0.15) is 32.5 Å². The first kappa shape index (κ1) is 19.4. The minimum atomic E-state index is -1.09. The average Bonchev–Trinajstić information content (AvgIpc) is 3.07. The first-order valence-electron chi connectivity index (χ1n) is 8.68. The summed E-state index contributed by atoms with van der Waals surface area (Å²) in [6.07, 6.45) is 0.0972. The Morgan fingerprint density at radius 3 is 2.62 bits per heavy atom. The lowest BCUT2D eigenvalue weighted by molar-refractivity contribution is -0.116. The molecule has 3 aromatic rings. The summed E-state index contributed by atoms with van der Waals surface area (Å²) in [5, 5.41) is 12.8. The quantitative estimate of drug-likeness (QED) is 0.580. The molecule has 2 aromatic carbocycles. The molecule has 1 amide bonds. The van der Waals surface area contributed by atoms with Crippen molar-refractivity contribution in [2.45, 2.75) is 12.3 Å². The van der Waals surface area contributed by atoms with Crippen molar-refractivity contribution in [3.05, 3.63) is 68.6 Å². The number of ether oxygens (including phenoxy) is 1. The van der Waals surface area contributed by atoms with Crippen molar-refractivity contribution in [1.82, 2.24) is 0 Å². The van der Waals surface area contributed by atoms with Crippen LogP contribution in [0.15, 0.2) is 42.5 Å². The highest BCUT2D eigenvalue weighted by Crippen LogP contribution is 2.50. The number of amides is 1. The zero-order valence-corrected chi connectivity index (χ0v) is 16.7. The number of halogens is 2. The molecule has 148 valence electrons. The zero-order chi connectivity index (χ0) is 20.7. The van der Waals surface area contributed by atoms with E-state index in [-0.39, 0.29) is 22.2 Å². The third-order valence-corrected chi connectivity index (χ3v) is 6.44. The van der Waals surface area contributed by atoms with Crippen LogP contribution < -0.4 is 10.1 Å². The predicted octanol–water partition coefficient (Wildman–Crippen LogP) is 5.39. The number of carboxylic acids is 1. The van der Waals surface area contributed by atoms with Crippen molar-refractivity contribution in [2.75, 3.05) is 12.4 Å². The Hall–Kier alpha value is -2.90. The number of aromatic carboxylic acids is 1. The summed E-state index contributed by atoms with van der Waals surface area (Å²) in [4.78, 5) is 25.2. The maximum atomic E-state index is 13.5. The monoisotopic (exact) mass is 431 g/mol. The molecule has 0 spiro atoms. The van der Waals surface area contributed by atoms with Crippen molar-refractivity contribution < 1.29 is 23.8 Å². The van der Waals surface area contributed by atoms with Gasteiger partial charge in [-0.1, -0.05) is 29.8 Å². The lowest BCUT2D eigenvalue weighted by Gasteiger charge is -2.24. The fraction of sp³-hybridized carbons (Fsp3) is 0.143. The Morgan fingerprint density at radius 2 is 2.00 bits per heavy atom. The molecule has 8 heteroatoms. The van der Waals surface area contributed by atoms with E-state index in [0.29, 0.717) is 33.0 Å². The molecule has 4 rings (SSSR count). The van der Waals surface area contributed by atoms with Gasteiger partial charge in [-0.15, -0.1) is 11.3 Å². The molecule has 0 saturated heterocycles. The number of hydrogen-bond acceptors (Lipinski definition) is 4. The molecule has 2 N–H and O–H groups in total. The molecule has 0 aliphatic carbocycles. The van der Waals surface area contributed by atoms with E-state index in [1.165, 1.54) is 18.2 Å². The van der Waals surface area contributed by atoms with Gasteiger partial charge in [0.05, 0.1) is 12.8 Å². The summed E-state index contributed by atoms with van der Waals surface area (Å²) in [6.45, 7) is 0. The standard InChI is InChI=1S/C21H15ClFNO4S/c1-28-12-5-2-10(3-6-12)17-18-19(29-20(17)21(26)27)14(9-16(25)24-18)13-7-4-11(23)8-15(13)22/h2-8,14H,9H2,1H3,(H,24,25)(H,26,27). The minimum Gasteiger partial charge on any atom is -0.497 e. The molecule has 29 heavy (non-hydrogen) atoms. The fourth-order valence-electron chi connectivity index (χ4n) is 3.51. The number of carbonyl (C=O) groups is 2. The maximum absolute atomic E-state index is 13.5. The molecule has 0 saturated carbocycles. The highest BCUT2D eigenvalue weighted by atomic mass is 35.5. The number of benzene rings is 2. The van der Waals surface area contributed by atoms with E-state index in [1.807, 2.05) is 0 Å². The summed E-state index contributed by atoms with van der Waals surface area (Å²) < 4.78 is 18.7. The van der Waals surface area contributed by atoms with E-state index in [9.17, 15) is 19.1 Å². The number of thiophene rings is 1. The highest BCUT2D eigenvalue weighted by molar-refractivity contribution is 7.15. The lowest BCUT2D eigenvalue weighted by atomic mass is 9.88. The number of carboxylic acid groups (broad SMARTS) is 1. The van der Waals surface area contributed by atoms with Crippen LogP contribution >= 0.6 is 22.9 Å². The molecule has 0 fully saturated rings. The normalized spacial score (nSPS) is 15.6. The van der Waals surface area contributed by atoms with Crippen LogP contribution in [0.5, 0.6) is 5.75 Å². The molecule has 5 nitrogen and oxygen atoms in total. The molecular formula is C21H15ClFNO4S. The van der Waals surface area contributed by atoms with Crippen molar-refractivity contribution in [1.29, 1.82) is 0 Å². The molecular weight excluding hydrogens is 417 g/mol. The van der Waals surface area contributed by atoms with Gasteiger partial charge in [0.1, 0.15) is 16.4 Å². The van der Waals surface area contributed by atoms with Crippen LogP contribution in [-0.4, -0.2) is 24.1 Å². The van der Waals surface area contributed by atoms with Crippen LogP contribution in [-0.2, 0) is 4.79 Å². The van der Waals surface area contributed by atoms with Gasteiger partial charge in [0.15, 0.2) is 0 Å². The Kier molecular flexibility index (Phi) is 5.02.